The van der Waals surface area contributed by atoms with Crippen molar-refractivity contribution < 1.29 is 13.9 Å². The summed E-state index contributed by atoms with van der Waals surface area (Å²) in [5, 5.41) is 5.40. The van der Waals surface area contributed by atoms with Crippen molar-refractivity contribution in [2.24, 2.45) is 7.05 Å². The Morgan fingerprint density at radius 1 is 1.45 bits per heavy atom. The molecule has 6 nitrogen and oxygen atoms in total. The van der Waals surface area contributed by atoms with E-state index >= 15 is 0 Å². The first-order valence-corrected chi connectivity index (χ1v) is 6.94. The summed E-state index contributed by atoms with van der Waals surface area (Å²) in [6.07, 6.45) is 3.20. The number of nitrogens with zero attached hydrogens (tertiary/aromatic N) is 2. The summed E-state index contributed by atoms with van der Waals surface area (Å²) < 4.78 is 20.4. The minimum Gasteiger partial charge on any atom is -0.489 e. The second kappa shape index (κ2) is 7.44. The maximum absolute atomic E-state index is 13.0. The maximum atomic E-state index is 13.0. The lowest BCUT2D eigenvalue weighted by molar-refractivity contribution is 0.207. The zero-order valence-corrected chi connectivity index (χ0v) is 12.5. The predicted molar refractivity (Wildman–Crippen MR) is 79.9 cm³/mol. The lowest BCUT2D eigenvalue weighted by Gasteiger charge is -2.15. The van der Waals surface area contributed by atoms with E-state index in [1.54, 1.807) is 25.3 Å². The van der Waals surface area contributed by atoms with E-state index in [2.05, 4.69) is 15.6 Å². The van der Waals surface area contributed by atoms with Gasteiger partial charge in [0.05, 0.1) is 13.1 Å². The van der Waals surface area contributed by atoms with Crippen LogP contribution < -0.4 is 15.4 Å². The molecule has 0 aliphatic carbocycles. The average Bonchev–Trinajstić information content (AvgIpc) is 2.88. The molecule has 0 bridgehead atoms. The number of nitrogens with one attached hydrogen (secondary N) is 2. The summed E-state index contributed by atoms with van der Waals surface area (Å²) in [5.74, 6) is 0.840. The number of ether oxygens (including phenoxy) is 1. The highest BCUT2D eigenvalue weighted by molar-refractivity contribution is 5.73. The number of aryl methyl sites for hydroxylation is 1. The van der Waals surface area contributed by atoms with Crippen LogP contribution in [0.2, 0.25) is 0 Å². The normalized spacial score (nSPS) is 11.8. The molecule has 0 saturated heterocycles. The van der Waals surface area contributed by atoms with Gasteiger partial charge < -0.3 is 19.9 Å². The number of carbonyl (C=O) groups excluding carboxylic acids is 1. The molecule has 22 heavy (non-hydrogen) atoms. The van der Waals surface area contributed by atoms with E-state index in [-0.39, 0.29) is 18.0 Å². The Morgan fingerprint density at radius 2 is 2.27 bits per heavy atom. The van der Waals surface area contributed by atoms with Crippen molar-refractivity contribution in [3.8, 4) is 5.75 Å². The number of urea groups is 1. The second-order valence-corrected chi connectivity index (χ2v) is 4.90. The molecule has 1 unspecified atom stereocenters. The number of halogens is 1. The Kier molecular flexibility index (Phi) is 5.35. The van der Waals surface area contributed by atoms with Crippen molar-refractivity contribution in [2.45, 2.75) is 19.6 Å². The summed E-state index contributed by atoms with van der Waals surface area (Å²) in [6.45, 7) is 2.45. The molecule has 2 amide bonds. The van der Waals surface area contributed by atoms with Gasteiger partial charge in [-0.05, 0) is 19.1 Å². The number of hydrogen-bond donors (Lipinski definition) is 2. The van der Waals surface area contributed by atoms with Gasteiger partial charge >= 0.3 is 6.03 Å². The Labute approximate surface area is 128 Å². The van der Waals surface area contributed by atoms with Gasteiger partial charge in [0.15, 0.2) is 0 Å². The third-order valence-corrected chi connectivity index (χ3v) is 3.01. The summed E-state index contributed by atoms with van der Waals surface area (Å²) in [6, 6.07) is 5.58. The molecule has 118 valence electrons. The Hall–Kier alpha value is -2.57. The zero-order chi connectivity index (χ0) is 15.9. The van der Waals surface area contributed by atoms with Gasteiger partial charge in [-0.15, -0.1) is 0 Å². The van der Waals surface area contributed by atoms with Crippen molar-refractivity contribution >= 4 is 6.03 Å². The maximum Gasteiger partial charge on any atom is 0.315 e. The standard InChI is InChI=1S/C15H19FN4O2/c1-11(22-13-5-3-4-12(16)8-13)9-18-15(21)19-10-14-17-6-7-20(14)2/h3-8,11H,9-10H2,1-2H3,(H2,18,19,21). The van der Waals surface area contributed by atoms with Crippen LogP contribution in [0.4, 0.5) is 9.18 Å². The highest BCUT2D eigenvalue weighted by Crippen LogP contribution is 2.13. The third kappa shape index (κ3) is 4.76. The monoisotopic (exact) mass is 306 g/mol. The van der Waals surface area contributed by atoms with E-state index in [0.29, 0.717) is 18.8 Å². The first-order valence-electron chi connectivity index (χ1n) is 6.94. The number of amides is 2. The molecule has 0 aliphatic heterocycles. The van der Waals surface area contributed by atoms with Gasteiger partial charge in [-0.2, -0.15) is 0 Å². The average molecular weight is 306 g/mol. The Balaban J connectivity index is 1.70. The Morgan fingerprint density at radius 3 is 2.95 bits per heavy atom. The molecular formula is C15H19FN4O2. The van der Waals surface area contributed by atoms with Crippen LogP contribution in [0.1, 0.15) is 12.7 Å². The largest absolute Gasteiger partial charge is 0.489 e. The topological polar surface area (TPSA) is 68.2 Å². The highest BCUT2D eigenvalue weighted by Gasteiger charge is 2.08. The number of rotatable bonds is 6. The van der Waals surface area contributed by atoms with Crippen LogP contribution in [-0.4, -0.2) is 28.2 Å². The van der Waals surface area contributed by atoms with Crippen LogP contribution in [0.25, 0.3) is 0 Å². The van der Waals surface area contributed by atoms with Crippen LogP contribution >= 0.6 is 0 Å². The van der Waals surface area contributed by atoms with Crippen LogP contribution in [0.3, 0.4) is 0 Å². The molecule has 0 saturated carbocycles. The molecule has 0 aliphatic rings. The molecule has 7 heteroatoms. The van der Waals surface area contributed by atoms with Crippen LogP contribution in [0, 0.1) is 5.82 Å². The van der Waals surface area contributed by atoms with E-state index in [1.807, 2.05) is 17.8 Å². The van der Waals surface area contributed by atoms with Crippen LogP contribution in [0.15, 0.2) is 36.7 Å². The molecule has 0 fully saturated rings. The smallest absolute Gasteiger partial charge is 0.315 e. The molecule has 1 aromatic heterocycles. The first kappa shape index (κ1) is 15.8. The van der Waals surface area contributed by atoms with E-state index in [4.69, 9.17) is 4.74 Å². The predicted octanol–water partition coefficient (Wildman–Crippen LogP) is 1.83. The number of aromatic nitrogens is 2. The van der Waals surface area contributed by atoms with E-state index in [9.17, 15) is 9.18 Å². The van der Waals surface area contributed by atoms with Gasteiger partial charge in [0.2, 0.25) is 0 Å². The van der Waals surface area contributed by atoms with E-state index < -0.39 is 0 Å². The van der Waals surface area contributed by atoms with Gasteiger partial charge in [-0.25, -0.2) is 14.2 Å². The summed E-state index contributed by atoms with van der Waals surface area (Å²) in [5.41, 5.74) is 0. The lowest BCUT2D eigenvalue weighted by Crippen LogP contribution is -2.40. The molecule has 0 spiro atoms. The number of imidazole rings is 1. The summed E-state index contributed by atoms with van der Waals surface area (Å²) in [4.78, 5) is 15.8. The molecule has 2 aromatic rings. The molecule has 2 rings (SSSR count). The summed E-state index contributed by atoms with van der Waals surface area (Å²) in [7, 11) is 1.86. The fourth-order valence-corrected chi connectivity index (χ4v) is 1.84. The van der Waals surface area contributed by atoms with E-state index in [1.165, 1.54) is 12.1 Å². The van der Waals surface area contributed by atoms with Gasteiger partial charge in [-0.1, -0.05) is 6.07 Å². The van der Waals surface area contributed by atoms with Crippen molar-refractivity contribution in [1.82, 2.24) is 20.2 Å². The molecule has 2 N–H and O–H groups in total. The summed E-state index contributed by atoms with van der Waals surface area (Å²) >= 11 is 0. The van der Waals surface area contributed by atoms with Crippen molar-refractivity contribution in [3.05, 3.63) is 48.3 Å². The molecule has 0 radical (unpaired) electrons. The number of benzene rings is 1. The zero-order valence-electron chi connectivity index (χ0n) is 12.5. The minimum atomic E-state index is -0.356. The lowest BCUT2D eigenvalue weighted by atomic mass is 10.3. The first-order chi connectivity index (χ1) is 10.5. The fourth-order valence-electron chi connectivity index (χ4n) is 1.84. The molecule has 1 atom stereocenters. The van der Waals surface area contributed by atoms with Crippen LogP contribution in [-0.2, 0) is 13.6 Å². The van der Waals surface area contributed by atoms with Gasteiger partial charge in [0.25, 0.3) is 0 Å². The third-order valence-electron chi connectivity index (χ3n) is 3.01. The van der Waals surface area contributed by atoms with Crippen molar-refractivity contribution in [2.75, 3.05) is 6.54 Å². The SMILES string of the molecule is CC(CNC(=O)NCc1nccn1C)Oc1cccc(F)c1. The second-order valence-electron chi connectivity index (χ2n) is 4.90. The number of carbonyl (C=O) groups is 1. The number of hydrogen-bond acceptors (Lipinski definition) is 3. The van der Waals surface area contributed by atoms with Crippen molar-refractivity contribution in [3.63, 3.8) is 0 Å². The molecule has 1 aromatic carbocycles. The minimum absolute atomic E-state index is 0.277. The quantitative estimate of drug-likeness (QED) is 0.855. The van der Waals surface area contributed by atoms with E-state index in [0.717, 1.165) is 5.82 Å². The van der Waals surface area contributed by atoms with Crippen molar-refractivity contribution in [1.29, 1.82) is 0 Å². The van der Waals surface area contributed by atoms with Gasteiger partial charge in [-0.3, -0.25) is 0 Å². The molecular weight excluding hydrogens is 287 g/mol. The van der Waals surface area contributed by atoms with Crippen LogP contribution in [0.5, 0.6) is 5.75 Å². The highest BCUT2D eigenvalue weighted by atomic mass is 19.1. The Bertz CT molecular complexity index is 630. The molecule has 1 heterocycles. The van der Waals surface area contributed by atoms with Gasteiger partial charge in [0, 0.05) is 25.5 Å². The van der Waals surface area contributed by atoms with Gasteiger partial charge in [0.1, 0.15) is 23.5 Å². The fraction of sp³-hybridized carbons (Fsp3) is 0.333.